The normalized spacial score (nSPS) is 18.0. The fourth-order valence-corrected chi connectivity index (χ4v) is 4.60. The molecule has 2 N–H and O–H groups in total. The van der Waals surface area contributed by atoms with E-state index in [9.17, 15) is 8.42 Å². The van der Waals surface area contributed by atoms with Crippen molar-refractivity contribution in [2.45, 2.75) is 37.3 Å². The Hall–Kier alpha value is -0.470. The molecule has 0 aliphatic carbocycles. The number of hydrogen-bond donors (Lipinski definition) is 2. The van der Waals surface area contributed by atoms with Crippen LogP contribution in [0.2, 0.25) is 0 Å². The van der Waals surface area contributed by atoms with E-state index in [-0.39, 0.29) is 17.5 Å². The highest BCUT2D eigenvalue weighted by atomic mass is 79.9. The summed E-state index contributed by atoms with van der Waals surface area (Å²) in [6.07, 6.45) is 2.36. The first-order valence-electron chi connectivity index (χ1n) is 7.07. The van der Waals surface area contributed by atoms with Crippen LogP contribution in [0.5, 0.6) is 0 Å². The van der Waals surface area contributed by atoms with Gasteiger partial charge in [-0.3, -0.25) is 4.90 Å². The van der Waals surface area contributed by atoms with Gasteiger partial charge in [-0.1, -0.05) is 6.07 Å². The second-order valence-corrected chi connectivity index (χ2v) is 7.96. The summed E-state index contributed by atoms with van der Waals surface area (Å²) >= 11 is 3.26. The van der Waals surface area contributed by atoms with E-state index < -0.39 is 10.0 Å². The first kappa shape index (κ1) is 16.9. The number of nitrogens with one attached hydrogen (secondary N) is 1. The fraction of sp³-hybridized carbons (Fsp3) is 0.571. The van der Waals surface area contributed by atoms with E-state index in [1.54, 1.807) is 12.1 Å². The van der Waals surface area contributed by atoms with Gasteiger partial charge in [0.1, 0.15) is 0 Å². The highest BCUT2D eigenvalue weighted by Crippen LogP contribution is 2.23. The van der Waals surface area contributed by atoms with Gasteiger partial charge in [0, 0.05) is 17.1 Å². The molecule has 21 heavy (non-hydrogen) atoms. The van der Waals surface area contributed by atoms with Crippen molar-refractivity contribution < 1.29 is 13.5 Å². The monoisotopic (exact) mass is 376 g/mol. The number of aliphatic hydroxyl groups is 1. The van der Waals surface area contributed by atoms with Crippen LogP contribution in [0.1, 0.15) is 25.3 Å². The molecule has 0 aromatic heterocycles. The van der Waals surface area contributed by atoms with Crippen molar-refractivity contribution in [3.05, 3.63) is 28.2 Å². The van der Waals surface area contributed by atoms with Crippen LogP contribution >= 0.6 is 15.9 Å². The minimum absolute atomic E-state index is 0.169. The van der Waals surface area contributed by atoms with E-state index in [1.807, 2.05) is 6.92 Å². The number of rotatable bonds is 6. The van der Waals surface area contributed by atoms with Gasteiger partial charge in [0.05, 0.1) is 11.5 Å². The summed E-state index contributed by atoms with van der Waals surface area (Å²) in [6, 6.07) is 5.01. The van der Waals surface area contributed by atoms with Crippen LogP contribution in [-0.4, -0.2) is 44.1 Å². The van der Waals surface area contributed by atoms with E-state index >= 15 is 0 Å². The second-order valence-electron chi connectivity index (χ2n) is 5.37. The average Bonchev–Trinajstić information content (AvgIpc) is 2.99. The SMILES string of the molecule is CC(CNS(=O)(=O)c1cc(CO)ccc1Br)N1CCCC1. The molecular formula is C14H21BrN2O3S. The number of aliphatic hydroxyl groups excluding tert-OH is 1. The number of benzene rings is 1. The number of nitrogens with zero attached hydrogens (tertiary/aromatic N) is 1. The summed E-state index contributed by atoms with van der Waals surface area (Å²) in [4.78, 5) is 2.46. The van der Waals surface area contributed by atoms with Crippen LogP contribution in [0, 0.1) is 0 Å². The molecule has 1 aromatic carbocycles. The Morgan fingerprint density at radius 1 is 1.38 bits per heavy atom. The van der Waals surface area contributed by atoms with Crippen molar-refractivity contribution in [1.29, 1.82) is 0 Å². The van der Waals surface area contributed by atoms with E-state index in [2.05, 4.69) is 25.6 Å². The fourth-order valence-electron chi connectivity index (χ4n) is 2.47. The van der Waals surface area contributed by atoms with E-state index in [0.29, 0.717) is 16.6 Å². The van der Waals surface area contributed by atoms with Crippen molar-refractivity contribution in [2.24, 2.45) is 0 Å². The van der Waals surface area contributed by atoms with Crippen LogP contribution in [0.15, 0.2) is 27.6 Å². The molecule has 5 nitrogen and oxygen atoms in total. The molecule has 1 fully saturated rings. The van der Waals surface area contributed by atoms with Gasteiger partial charge in [-0.25, -0.2) is 13.1 Å². The Balaban J connectivity index is 2.07. The van der Waals surface area contributed by atoms with E-state index in [1.165, 1.54) is 18.9 Å². The minimum atomic E-state index is -3.58. The van der Waals surface area contributed by atoms with Gasteiger partial charge in [0.15, 0.2) is 0 Å². The van der Waals surface area contributed by atoms with Crippen molar-refractivity contribution >= 4 is 26.0 Å². The van der Waals surface area contributed by atoms with Crippen LogP contribution in [0.25, 0.3) is 0 Å². The number of likely N-dealkylation sites (tertiary alicyclic amines) is 1. The Labute approximate surface area is 134 Å². The van der Waals surface area contributed by atoms with Gasteiger partial charge >= 0.3 is 0 Å². The van der Waals surface area contributed by atoms with Crippen molar-refractivity contribution in [1.82, 2.24) is 9.62 Å². The second kappa shape index (κ2) is 7.19. The molecule has 2 rings (SSSR count). The lowest BCUT2D eigenvalue weighted by molar-refractivity contribution is 0.260. The minimum Gasteiger partial charge on any atom is -0.392 e. The van der Waals surface area contributed by atoms with Crippen LogP contribution in [0.3, 0.4) is 0 Å². The van der Waals surface area contributed by atoms with Crippen molar-refractivity contribution in [3.63, 3.8) is 0 Å². The van der Waals surface area contributed by atoms with Crippen molar-refractivity contribution in [3.8, 4) is 0 Å². The molecule has 1 aliphatic rings. The van der Waals surface area contributed by atoms with E-state index in [0.717, 1.165) is 13.1 Å². The zero-order valence-electron chi connectivity index (χ0n) is 12.0. The zero-order valence-corrected chi connectivity index (χ0v) is 14.5. The Morgan fingerprint density at radius 2 is 2.05 bits per heavy atom. The molecule has 0 bridgehead atoms. The van der Waals surface area contributed by atoms with Gasteiger partial charge in [-0.2, -0.15) is 0 Å². The molecule has 1 heterocycles. The third-order valence-corrected chi connectivity index (χ3v) is 6.22. The largest absolute Gasteiger partial charge is 0.392 e. The summed E-state index contributed by atoms with van der Waals surface area (Å²) in [6.45, 7) is 4.31. The summed E-state index contributed by atoms with van der Waals surface area (Å²) in [5, 5.41) is 9.14. The number of hydrogen-bond acceptors (Lipinski definition) is 4. The van der Waals surface area contributed by atoms with Crippen molar-refractivity contribution in [2.75, 3.05) is 19.6 Å². The standard InChI is InChI=1S/C14H21BrN2O3S/c1-11(17-6-2-3-7-17)9-16-21(19,20)14-8-12(10-18)4-5-13(14)15/h4-5,8,11,16,18H,2-3,6-7,9-10H2,1H3. The van der Waals surface area contributed by atoms with Gasteiger partial charge in [0.2, 0.25) is 10.0 Å². The van der Waals surface area contributed by atoms with Gasteiger partial charge in [-0.15, -0.1) is 0 Å². The predicted octanol–water partition coefficient (Wildman–Crippen LogP) is 1.70. The lowest BCUT2D eigenvalue weighted by Crippen LogP contribution is -2.40. The maximum absolute atomic E-state index is 12.4. The maximum atomic E-state index is 12.4. The average molecular weight is 377 g/mol. The zero-order chi connectivity index (χ0) is 15.5. The highest BCUT2D eigenvalue weighted by Gasteiger charge is 2.22. The van der Waals surface area contributed by atoms with E-state index in [4.69, 9.17) is 5.11 Å². The third-order valence-electron chi connectivity index (χ3n) is 3.80. The van der Waals surface area contributed by atoms with Gasteiger partial charge < -0.3 is 5.11 Å². The molecule has 0 spiro atoms. The molecule has 7 heteroatoms. The lowest BCUT2D eigenvalue weighted by atomic mass is 10.2. The molecule has 1 unspecified atom stereocenters. The molecule has 118 valence electrons. The molecule has 1 saturated heterocycles. The highest BCUT2D eigenvalue weighted by molar-refractivity contribution is 9.10. The summed E-state index contributed by atoms with van der Waals surface area (Å²) in [7, 11) is -3.58. The maximum Gasteiger partial charge on any atom is 0.241 e. The Kier molecular flexibility index (Phi) is 5.79. The topological polar surface area (TPSA) is 69.6 Å². The molecule has 1 aromatic rings. The molecular weight excluding hydrogens is 356 g/mol. The number of halogens is 1. The van der Waals surface area contributed by atoms with Crippen LogP contribution in [0.4, 0.5) is 0 Å². The summed E-state index contributed by atoms with van der Waals surface area (Å²) in [5.74, 6) is 0. The van der Waals surface area contributed by atoms with Gasteiger partial charge in [0.25, 0.3) is 0 Å². The smallest absolute Gasteiger partial charge is 0.241 e. The predicted molar refractivity (Wildman–Crippen MR) is 85.5 cm³/mol. The molecule has 0 radical (unpaired) electrons. The molecule has 0 amide bonds. The molecule has 0 saturated carbocycles. The summed E-state index contributed by atoms with van der Waals surface area (Å²) < 4.78 is 28.0. The Morgan fingerprint density at radius 3 is 2.67 bits per heavy atom. The quantitative estimate of drug-likeness (QED) is 0.792. The summed E-state index contributed by atoms with van der Waals surface area (Å²) in [5.41, 5.74) is 0.575. The third kappa shape index (κ3) is 4.26. The van der Waals surface area contributed by atoms with Crippen LogP contribution < -0.4 is 4.72 Å². The van der Waals surface area contributed by atoms with Crippen LogP contribution in [-0.2, 0) is 16.6 Å². The Bertz CT molecular complexity index is 586. The number of sulfonamides is 1. The first-order chi connectivity index (χ1) is 9.94. The van der Waals surface area contributed by atoms with Gasteiger partial charge in [-0.05, 0) is 66.5 Å². The lowest BCUT2D eigenvalue weighted by Gasteiger charge is -2.24. The first-order valence-corrected chi connectivity index (χ1v) is 9.34. The molecule has 1 aliphatic heterocycles. The molecule has 1 atom stereocenters.